The molecule has 0 spiro atoms. The molecule has 3 nitrogen and oxygen atoms in total. The third kappa shape index (κ3) is 3.84. The van der Waals surface area contributed by atoms with E-state index in [1.54, 1.807) is 18.4 Å². The average Bonchev–Trinajstić information content (AvgIpc) is 3.11. The van der Waals surface area contributed by atoms with Gasteiger partial charge in [-0.05, 0) is 59.8 Å². The van der Waals surface area contributed by atoms with Gasteiger partial charge < -0.3 is 9.47 Å². The van der Waals surface area contributed by atoms with Crippen LogP contribution in [0.15, 0.2) is 23.0 Å². The molecule has 0 N–H and O–H groups in total. The second kappa shape index (κ2) is 7.77. The number of methoxy groups -OCH3 is 1. The normalized spacial score (nSPS) is 20.0. The lowest BCUT2D eigenvalue weighted by molar-refractivity contribution is 0.233. The Labute approximate surface area is 155 Å². The fourth-order valence-electron chi connectivity index (χ4n) is 4.21. The molecule has 3 rings (SSSR count). The van der Waals surface area contributed by atoms with Gasteiger partial charge in [0.15, 0.2) is 11.5 Å². The largest absolute Gasteiger partial charge is 0.493 e. The van der Waals surface area contributed by atoms with Gasteiger partial charge in [-0.1, -0.05) is 27.7 Å². The van der Waals surface area contributed by atoms with Gasteiger partial charge in [-0.15, -0.1) is 11.3 Å². The molecule has 0 amide bonds. The van der Waals surface area contributed by atoms with Crippen LogP contribution >= 0.6 is 11.3 Å². The Morgan fingerprint density at radius 1 is 1.16 bits per heavy atom. The molecule has 0 saturated heterocycles. The summed E-state index contributed by atoms with van der Waals surface area (Å²) >= 11 is 1.59. The predicted octanol–water partition coefficient (Wildman–Crippen LogP) is 5.69. The van der Waals surface area contributed by atoms with E-state index in [1.165, 1.54) is 17.5 Å². The van der Waals surface area contributed by atoms with Crippen LogP contribution in [0.5, 0.6) is 11.5 Å². The molecule has 1 heterocycles. The van der Waals surface area contributed by atoms with E-state index in [4.69, 9.17) is 9.47 Å². The van der Waals surface area contributed by atoms with E-state index in [-0.39, 0.29) is 0 Å². The maximum atomic E-state index is 6.03. The van der Waals surface area contributed by atoms with E-state index < -0.39 is 0 Å². The van der Waals surface area contributed by atoms with Crippen LogP contribution in [0.25, 0.3) is 0 Å². The lowest BCUT2D eigenvalue weighted by Crippen LogP contribution is -2.28. The minimum atomic E-state index is 0.487. The predicted molar refractivity (Wildman–Crippen MR) is 104 cm³/mol. The fourth-order valence-corrected chi connectivity index (χ4v) is 4.75. The second-order valence-corrected chi connectivity index (χ2v) is 8.41. The van der Waals surface area contributed by atoms with E-state index in [9.17, 15) is 0 Å². The standard InChI is InChI=1S/C21H29NO2S/c1-13(2)17-7-6-15-8-20(24-10-16-11-25-12-22-16)19(23-5)9-18(15)21(17)14(3)4/h8-9,11-14,17,21H,6-7,10H2,1-5H3. The molecule has 4 heteroatoms. The highest BCUT2D eigenvalue weighted by molar-refractivity contribution is 7.07. The summed E-state index contributed by atoms with van der Waals surface area (Å²) in [6, 6.07) is 4.43. The van der Waals surface area contributed by atoms with Crippen LogP contribution in [-0.2, 0) is 13.0 Å². The number of benzene rings is 1. The van der Waals surface area contributed by atoms with Gasteiger partial charge in [-0.3, -0.25) is 0 Å². The van der Waals surface area contributed by atoms with Gasteiger partial charge in [-0.2, -0.15) is 0 Å². The zero-order valence-corrected chi connectivity index (χ0v) is 16.7. The van der Waals surface area contributed by atoms with Crippen LogP contribution in [0.2, 0.25) is 0 Å². The van der Waals surface area contributed by atoms with Crippen LogP contribution in [0, 0.1) is 17.8 Å². The zero-order chi connectivity index (χ0) is 18.0. The molecule has 0 saturated carbocycles. The number of aromatic nitrogens is 1. The van der Waals surface area contributed by atoms with E-state index >= 15 is 0 Å². The van der Waals surface area contributed by atoms with Crippen LogP contribution in [0.4, 0.5) is 0 Å². The molecule has 2 aromatic rings. The number of aryl methyl sites for hydroxylation is 1. The molecule has 25 heavy (non-hydrogen) atoms. The van der Waals surface area contributed by atoms with Crippen LogP contribution in [-0.4, -0.2) is 12.1 Å². The van der Waals surface area contributed by atoms with Gasteiger partial charge in [0, 0.05) is 5.38 Å². The average molecular weight is 360 g/mol. The minimum Gasteiger partial charge on any atom is -0.493 e. The first-order chi connectivity index (χ1) is 12.0. The van der Waals surface area contributed by atoms with Crippen molar-refractivity contribution >= 4 is 11.3 Å². The molecule has 2 atom stereocenters. The van der Waals surface area contributed by atoms with Crippen molar-refractivity contribution in [3.8, 4) is 11.5 Å². The highest BCUT2D eigenvalue weighted by atomic mass is 32.1. The molecule has 136 valence electrons. The highest BCUT2D eigenvalue weighted by Crippen LogP contribution is 2.47. The molecule has 2 unspecified atom stereocenters. The lowest BCUT2D eigenvalue weighted by atomic mass is 9.66. The van der Waals surface area contributed by atoms with Crippen molar-refractivity contribution in [3.05, 3.63) is 39.8 Å². The number of thiazole rings is 1. The van der Waals surface area contributed by atoms with Crippen LogP contribution in [0.1, 0.15) is 56.9 Å². The lowest BCUT2D eigenvalue weighted by Gasteiger charge is -2.39. The van der Waals surface area contributed by atoms with Crippen molar-refractivity contribution in [2.24, 2.45) is 17.8 Å². The smallest absolute Gasteiger partial charge is 0.162 e. The van der Waals surface area contributed by atoms with Crippen molar-refractivity contribution in [1.29, 1.82) is 0 Å². The quantitative estimate of drug-likeness (QED) is 0.664. The van der Waals surface area contributed by atoms with Gasteiger partial charge in [-0.25, -0.2) is 4.98 Å². The van der Waals surface area contributed by atoms with Gasteiger partial charge in [0.2, 0.25) is 0 Å². The summed E-state index contributed by atoms with van der Waals surface area (Å²) in [5, 5.41) is 2.02. The summed E-state index contributed by atoms with van der Waals surface area (Å²) < 4.78 is 11.7. The molecule has 0 radical (unpaired) electrons. The first kappa shape index (κ1) is 18.2. The monoisotopic (exact) mass is 359 g/mol. The third-order valence-corrected chi connectivity index (χ3v) is 6.06. The topological polar surface area (TPSA) is 31.4 Å². The Balaban J connectivity index is 1.92. The summed E-state index contributed by atoms with van der Waals surface area (Å²) in [6.07, 6.45) is 2.38. The SMILES string of the molecule is COc1cc2c(cc1OCc1cscn1)CCC(C(C)C)C2C(C)C. The molecule has 0 bridgehead atoms. The summed E-state index contributed by atoms with van der Waals surface area (Å²) in [5.74, 6) is 4.32. The molecule has 0 fully saturated rings. The maximum absolute atomic E-state index is 6.03. The molecular weight excluding hydrogens is 330 g/mol. The molecule has 0 aliphatic heterocycles. The van der Waals surface area contributed by atoms with Gasteiger partial charge in [0.05, 0.1) is 18.3 Å². The summed E-state index contributed by atoms with van der Waals surface area (Å²) in [4.78, 5) is 4.29. The summed E-state index contributed by atoms with van der Waals surface area (Å²) in [6.45, 7) is 9.88. The minimum absolute atomic E-state index is 0.487. The summed E-state index contributed by atoms with van der Waals surface area (Å²) in [5.41, 5.74) is 5.68. The number of hydrogen-bond acceptors (Lipinski definition) is 4. The Morgan fingerprint density at radius 3 is 2.56 bits per heavy atom. The summed E-state index contributed by atoms with van der Waals surface area (Å²) in [7, 11) is 1.73. The number of ether oxygens (including phenoxy) is 2. The third-order valence-electron chi connectivity index (χ3n) is 5.43. The number of rotatable bonds is 6. The van der Waals surface area contributed by atoms with E-state index in [0.717, 1.165) is 29.5 Å². The molecule has 1 aliphatic carbocycles. The van der Waals surface area contributed by atoms with Crippen LogP contribution < -0.4 is 9.47 Å². The number of hydrogen-bond donors (Lipinski definition) is 0. The fraction of sp³-hybridized carbons (Fsp3) is 0.571. The molecular formula is C21H29NO2S. The van der Waals surface area contributed by atoms with E-state index in [2.05, 4.69) is 44.8 Å². The van der Waals surface area contributed by atoms with E-state index in [1.807, 2.05) is 10.9 Å². The Hall–Kier alpha value is -1.55. The Morgan fingerprint density at radius 2 is 1.96 bits per heavy atom. The molecule has 1 aromatic carbocycles. The molecule has 1 aliphatic rings. The van der Waals surface area contributed by atoms with Crippen LogP contribution in [0.3, 0.4) is 0 Å². The van der Waals surface area contributed by atoms with Crippen molar-refractivity contribution in [1.82, 2.24) is 4.98 Å². The highest BCUT2D eigenvalue weighted by Gasteiger charge is 2.34. The van der Waals surface area contributed by atoms with Gasteiger partial charge >= 0.3 is 0 Å². The Bertz CT molecular complexity index is 694. The van der Waals surface area contributed by atoms with Gasteiger partial charge in [0.25, 0.3) is 0 Å². The van der Waals surface area contributed by atoms with Crippen molar-refractivity contribution in [2.45, 2.75) is 53.1 Å². The first-order valence-corrected chi connectivity index (χ1v) is 10.2. The second-order valence-electron chi connectivity index (χ2n) is 7.69. The van der Waals surface area contributed by atoms with E-state index in [0.29, 0.717) is 24.4 Å². The zero-order valence-electron chi connectivity index (χ0n) is 15.9. The molecule has 1 aromatic heterocycles. The maximum Gasteiger partial charge on any atom is 0.162 e. The van der Waals surface area contributed by atoms with Crippen molar-refractivity contribution in [3.63, 3.8) is 0 Å². The number of fused-ring (bicyclic) bond motifs is 1. The van der Waals surface area contributed by atoms with Crippen molar-refractivity contribution in [2.75, 3.05) is 7.11 Å². The number of nitrogens with zero attached hydrogens (tertiary/aromatic N) is 1. The first-order valence-electron chi connectivity index (χ1n) is 9.22. The van der Waals surface area contributed by atoms with Gasteiger partial charge in [0.1, 0.15) is 6.61 Å². The Kier molecular flexibility index (Phi) is 5.67. The van der Waals surface area contributed by atoms with Crippen molar-refractivity contribution < 1.29 is 9.47 Å².